The minimum Gasteiger partial charge on any atom is -0.494 e. The first-order valence-electron chi connectivity index (χ1n) is 10.6. The van der Waals surface area contributed by atoms with Crippen LogP contribution in [0.2, 0.25) is 0 Å². The van der Waals surface area contributed by atoms with Crippen molar-refractivity contribution in [3.8, 4) is 5.75 Å². The second-order valence-corrected chi connectivity index (χ2v) is 7.39. The van der Waals surface area contributed by atoms with Crippen molar-refractivity contribution in [2.24, 2.45) is 4.99 Å². The smallest absolute Gasteiger partial charge is 0.191 e. The number of aromatic nitrogens is 1. The maximum absolute atomic E-state index is 5.77. The molecule has 1 aromatic heterocycles. The number of anilines is 1. The van der Waals surface area contributed by atoms with Gasteiger partial charge in [0.25, 0.3) is 0 Å². The van der Waals surface area contributed by atoms with Crippen LogP contribution in [0.1, 0.15) is 42.9 Å². The van der Waals surface area contributed by atoms with E-state index in [2.05, 4.69) is 62.8 Å². The molecule has 0 saturated carbocycles. The van der Waals surface area contributed by atoms with Crippen LogP contribution in [-0.4, -0.2) is 37.7 Å². The Balaban J connectivity index is 1.56. The van der Waals surface area contributed by atoms with Crippen molar-refractivity contribution in [2.45, 2.75) is 46.2 Å². The zero-order valence-electron chi connectivity index (χ0n) is 17.9. The highest BCUT2D eigenvalue weighted by atomic mass is 16.5. The van der Waals surface area contributed by atoms with Gasteiger partial charge in [0.15, 0.2) is 5.96 Å². The van der Waals surface area contributed by atoms with Crippen LogP contribution in [0, 0.1) is 6.92 Å². The molecule has 156 valence electrons. The van der Waals surface area contributed by atoms with Crippen molar-refractivity contribution >= 4 is 11.8 Å². The lowest BCUT2D eigenvalue weighted by Gasteiger charge is -2.28. The Bertz CT molecular complexity index is 815. The van der Waals surface area contributed by atoms with E-state index in [0.29, 0.717) is 19.7 Å². The van der Waals surface area contributed by atoms with Gasteiger partial charge in [0.2, 0.25) is 0 Å². The van der Waals surface area contributed by atoms with Crippen molar-refractivity contribution in [1.29, 1.82) is 0 Å². The molecule has 3 rings (SSSR count). The Labute approximate surface area is 174 Å². The van der Waals surface area contributed by atoms with Crippen molar-refractivity contribution in [1.82, 2.24) is 15.6 Å². The van der Waals surface area contributed by atoms with Crippen molar-refractivity contribution in [2.75, 3.05) is 31.6 Å². The molecular formula is C23H33N5O. The lowest BCUT2D eigenvalue weighted by Crippen LogP contribution is -2.36. The van der Waals surface area contributed by atoms with E-state index in [1.165, 1.54) is 30.4 Å². The van der Waals surface area contributed by atoms with Crippen molar-refractivity contribution < 1.29 is 4.74 Å². The van der Waals surface area contributed by atoms with Gasteiger partial charge >= 0.3 is 0 Å². The average molecular weight is 396 g/mol. The first-order chi connectivity index (χ1) is 14.2. The topological polar surface area (TPSA) is 61.8 Å². The molecule has 0 spiro atoms. The molecule has 0 atom stereocenters. The van der Waals surface area contributed by atoms with E-state index in [0.717, 1.165) is 36.2 Å². The molecule has 6 heteroatoms. The molecule has 2 heterocycles. The number of piperidine rings is 1. The molecule has 1 fully saturated rings. The molecule has 1 aromatic carbocycles. The maximum atomic E-state index is 5.77. The first-order valence-corrected chi connectivity index (χ1v) is 10.6. The van der Waals surface area contributed by atoms with E-state index in [1.54, 1.807) is 7.05 Å². The van der Waals surface area contributed by atoms with Gasteiger partial charge < -0.3 is 20.3 Å². The standard InChI is InChI=1S/C23H33N5O/c1-4-29-21-14-18(2)8-9-20(21)17-27-23(24-3)26-16-19-10-11-25-22(15-19)28-12-6-5-7-13-28/h8-11,14-15H,4-7,12-13,16-17H2,1-3H3,(H2,24,26,27). The second-order valence-electron chi connectivity index (χ2n) is 7.39. The normalized spacial score (nSPS) is 14.6. The van der Waals surface area contributed by atoms with E-state index < -0.39 is 0 Å². The monoisotopic (exact) mass is 395 g/mol. The molecule has 1 aliphatic heterocycles. The molecule has 0 unspecified atom stereocenters. The van der Waals surface area contributed by atoms with Gasteiger partial charge in [-0.05, 0) is 62.4 Å². The zero-order chi connectivity index (χ0) is 20.5. The fourth-order valence-electron chi connectivity index (χ4n) is 3.55. The number of guanidine groups is 1. The van der Waals surface area contributed by atoms with E-state index in [1.807, 2.05) is 13.1 Å². The van der Waals surface area contributed by atoms with Gasteiger partial charge in [-0.25, -0.2) is 4.98 Å². The summed E-state index contributed by atoms with van der Waals surface area (Å²) in [6.07, 6.45) is 5.73. The number of pyridine rings is 1. The van der Waals surface area contributed by atoms with E-state index in [9.17, 15) is 0 Å². The summed E-state index contributed by atoms with van der Waals surface area (Å²) in [6.45, 7) is 8.31. The summed E-state index contributed by atoms with van der Waals surface area (Å²) in [7, 11) is 1.79. The average Bonchev–Trinajstić information content (AvgIpc) is 2.76. The minimum atomic E-state index is 0.657. The Morgan fingerprint density at radius 3 is 2.66 bits per heavy atom. The molecule has 1 saturated heterocycles. The molecule has 6 nitrogen and oxygen atoms in total. The van der Waals surface area contributed by atoms with E-state index in [-0.39, 0.29) is 0 Å². The molecule has 1 aliphatic rings. The third-order valence-corrected chi connectivity index (χ3v) is 5.14. The number of nitrogens with one attached hydrogen (secondary N) is 2. The summed E-state index contributed by atoms with van der Waals surface area (Å²) in [5.41, 5.74) is 3.52. The predicted octanol–water partition coefficient (Wildman–Crippen LogP) is 3.64. The van der Waals surface area contributed by atoms with Gasteiger partial charge in [-0.2, -0.15) is 0 Å². The fraction of sp³-hybridized carbons (Fsp3) is 0.478. The number of aliphatic imine (C=N–C) groups is 1. The second kappa shape index (κ2) is 10.7. The van der Waals surface area contributed by atoms with Crippen LogP contribution >= 0.6 is 0 Å². The molecule has 0 radical (unpaired) electrons. The van der Waals surface area contributed by atoms with Gasteiger partial charge in [-0.1, -0.05) is 12.1 Å². The Kier molecular flexibility index (Phi) is 7.73. The highest BCUT2D eigenvalue weighted by Crippen LogP contribution is 2.20. The van der Waals surface area contributed by atoms with Crippen LogP contribution in [-0.2, 0) is 13.1 Å². The third-order valence-electron chi connectivity index (χ3n) is 5.14. The molecule has 29 heavy (non-hydrogen) atoms. The van der Waals surface area contributed by atoms with Crippen LogP contribution in [0.5, 0.6) is 5.75 Å². The summed E-state index contributed by atoms with van der Waals surface area (Å²) in [4.78, 5) is 11.3. The summed E-state index contributed by atoms with van der Waals surface area (Å²) in [5.74, 6) is 2.77. The number of rotatable bonds is 7. The van der Waals surface area contributed by atoms with Gasteiger partial charge in [-0.3, -0.25) is 4.99 Å². The zero-order valence-corrected chi connectivity index (χ0v) is 17.9. The van der Waals surface area contributed by atoms with E-state index in [4.69, 9.17) is 4.74 Å². The molecule has 2 aromatic rings. The molecule has 2 N–H and O–H groups in total. The van der Waals surface area contributed by atoms with Gasteiger partial charge in [0, 0.05) is 45.0 Å². The number of aryl methyl sites for hydroxylation is 1. The minimum absolute atomic E-state index is 0.657. The molecule has 0 aliphatic carbocycles. The van der Waals surface area contributed by atoms with Crippen molar-refractivity contribution in [3.63, 3.8) is 0 Å². The number of ether oxygens (including phenoxy) is 1. The number of hydrogen-bond acceptors (Lipinski definition) is 4. The highest BCUT2D eigenvalue weighted by molar-refractivity contribution is 5.79. The predicted molar refractivity (Wildman–Crippen MR) is 120 cm³/mol. The largest absolute Gasteiger partial charge is 0.494 e. The van der Waals surface area contributed by atoms with Crippen LogP contribution in [0.3, 0.4) is 0 Å². The Morgan fingerprint density at radius 2 is 1.90 bits per heavy atom. The number of hydrogen-bond donors (Lipinski definition) is 2. The van der Waals surface area contributed by atoms with Gasteiger partial charge in [0.05, 0.1) is 6.61 Å². The van der Waals surface area contributed by atoms with Crippen LogP contribution in [0.15, 0.2) is 41.5 Å². The SMILES string of the molecule is CCOc1cc(C)ccc1CNC(=NC)NCc1ccnc(N2CCCCC2)c1. The quantitative estimate of drug-likeness (QED) is 0.554. The Morgan fingerprint density at radius 1 is 1.10 bits per heavy atom. The summed E-state index contributed by atoms with van der Waals surface area (Å²) >= 11 is 0. The van der Waals surface area contributed by atoms with Gasteiger partial charge in [0.1, 0.15) is 11.6 Å². The van der Waals surface area contributed by atoms with Crippen molar-refractivity contribution in [3.05, 3.63) is 53.2 Å². The molecular weight excluding hydrogens is 362 g/mol. The van der Waals surface area contributed by atoms with Crippen LogP contribution in [0.4, 0.5) is 5.82 Å². The first kappa shape index (κ1) is 21.0. The molecule has 0 bridgehead atoms. The maximum Gasteiger partial charge on any atom is 0.191 e. The fourth-order valence-corrected chi connectivity index (χ4v) is 3.55. The van der Waals surface area contributed by atoms with E-state index >= 15 is 0 Å². The summed E-state index contributed by atoms with van der Waals surface area (Å²) < 4.78 is 5.77. The summed E-state index contributed by atoms with van der Waals surface area (Å²) in [6, 6.07) is 10.5. The van der Waals surface area contributed by atoms with Gasteiger partial charge in [-0.15, -0.1) is 0 Å². The third kappa shape index (κ3) is 6.11. The number of nitrogens with zero attached hydrogens (tertiary/aromatic N) is 3. The lowest BCUT2D eigenvalue weighted by atomic mass is 10.1. The lowest BCUT2D eigenvalue weighted by molar-refractivity contribution is 0.336. The highest BCUT2D eigenvalue weighted by Gasteiger charge is 2.12. The summed E-state index contributed by atoms with van der Waals surface area (Å²) in [5, 5.41) is 6.79. The number of benzene rings is 1. The van der Waals surface area contributed by atoms with Crippen LogP contribution in [0.25, 0.3) is 0 Å². The molecule has 0 amide bonds. The van der Waals surface area contributed by atoms with Crippen LogP contribution < -0.4 is 20.3 Å². The Hall–Kier alpha value is -2.76.